The molecule has 100 valence electrons. The quantitative estimate of drug-likeness (QED) is 0.627. The van der Waals surface area contributed by atoms with Gasteiger partial charge in [-0.15, -0.1) is 11.3 Å². The number of nitro groups is 1. The summed E-state index contributed by atoms with van der Waals surface area (Å²) < 4.78 is 6.05. The fourth-order valence-corrected chi connectivity index (χ4v) is 2.87. The zero-order chi connectivity index (χ0) is 14.0. The van der Waals surface area contributed by atoms with Gasteiger partial charge in [-0.2, -0.15) is 0 Å². The molecule has 0 saturated heterocycles. The predicted octanol–water partition coefficient (Wildman–Crippen LogP) is 3.72. The Bertz CT molecular complexity index is 627. The molecule has 0 bridgehead atoms. The number of halogens is 1. The minimum atomic E-state index is -0.402. The van der Waals surface area contributed by atoms with E-state index in [-0.39, 0.29) is 5.69 Å². The van der Waals surface area contributed by atoms with E-state index in [1.165, 1.54) is 24.5 Å². The van der Waals surface area contributed by atoms with Gasteiger partial charge < -0.3 is 4.74 Å². The Labute approximate surface area is 122 Å². The number of nitrogens with zero attached hydrogens (tertiary/aromatic N) is 2. The second-order valence-corrected chi connectivity index (χ2v) is 6.11. The molecular formula is C12H11BrN2O3S. The molecule has 1 aromatic carbocycles. The van der Waals surface area contributed by atoms with E-state index in [2.05, 4.69) is 20.9 Å². The molecule has 0 aliphatic rings. The molecule has 2 aromatic rings. The molecule has 0 saturated carbocycles. The first-order chi connectivity index (χ1) is 9.01. The second kappa shape index (κ2) is 5.66. The Morgan fingerprint density at radius 2 is 2.26 bits per heavy atom. The van der Waals surface area contributed by atoms with Crippen molar-refractivity contribution in [3.63, 3.8) is 0 Å². The maximum atomic E-state index is 10.9. The van der Waals surface area contributed by atoms with Crippen LogP contribution >= 0.6 is 27.3 Å². The van der Waals surface area contributed by atoms with Crippen molar-refractivity contribution < 1.29 is 9.66 Å². The van der Waals surface area contributed by atoms with Crippen LogP contribution in [0.3, 0.4) is 0 Å². The Balaban J connectivity index is 2.39. The van der Waals surface area contributed by atoms with Gasteiger partial charge in [0.25, 0.3) is 5.69 Å². The first kappa shape index (κ1) is 14.0. The standard InChI is InChI=1S/C12H11BrN2O3S/c1-7-3-8(4-9-6-19-12(13)14-9)11(18-2)5-10(7)15(16)17/h3,5-6H,4H2,1-2H3. The van der Waals surface area contributed by atoms with Crippen LogP contribution in [0.1, 0.15) is 16.8 Å². The van der Waals surface area contributed by atoms with Crippen LogP contribution in [-0.4, -0.2) is 17.0 Å². The summed E-state index contributed by atoms with van der Waals surface area (Å²) in [5, 5.41) is 12.8. The third-order valence-electron chi connectivity index (χ3n) is 2.69. The lowest BCUT2D eigenvalue weighted by Gasteiger charge is -2.09. The number of thiazole rings is 1. The molecule has 1 heterocycles. The van der Waals surface area contributed by atoms with Crippen LogP contribution < -0.4 is 4.74 Å². The zero-order valence-corrected chi connectivity index (χ0v) is 12.7. The van der Waals surface area contributed by atoms with Gasteiger partial charge in [0.1, 0.15) is 5.75 Å². The Kier molecular flexibility index (Phi) is 4.16. The predicted molar refractivity (Wildman–Crippen MR) is 77.0 cm³/mol. The number of nitro benzene ring substituents is 1. The number of aryl methyl sites for hydroxylation is 1. The van der Waals surface area contributed by atoms with E-state index < -0.39 is 4.92 Å². The number of hydrogen-bond donors (Lipinski definition) is 0. The monoisotopic (exact) mass is 342 g/mol. The highest BCUT2D eigenvalue weighted by molar-refractivity contribution is 9.11. The van der Waals surface area contributed by atoms with Gasteiger partial charge in [0.15, 0.2) is 3.92 Å². The number of aromatic nitrogens is 1. The fraction of sp³-hybridized carbons (Fsp3) is 0.250. The molecule has 2 rings (SSSR count). The van der Waals surface area contributed by atoms with Gasteiger partial charge in [-0.1, -0.05) is 0 Å². The van der Waals surface area contributed by atoms with Crippen LogP contribution in [-0.2, 0) is 6.42 Å². The van der Waals surface area contributed by atoms with E-state index >= 15 is 0 Å². The number of hydrogen-bond acceptors (Lipinski definition) is 5. The van der Waals surface area contributed by atoms with E-state index in [1.807, 2.05) is 5.38 Å². The lowest BCUT2D eigenvalue weighted by Crippen LogP contribution is -1.99. The van der Waals surface area contributed by atoms with Crippen molar-refractivity contribution in [1.82, 2.24) is 4.98 Å². The first-order valence-corrected chi connectivity index (χ1v) is 7.10. The number of benzene rings is 1. The molecule has 1 aromatic heterocycles. The van der Waals surface area contributed by atoms with E-state index in [1.54, 1.807) is 13.0 Å². The van der Waals surface area contributed by atoms with Crippen molar-refractivity contribution in [2.45, 2.75) is 13.3 Å². The number of methoxy groups -OCH3 is 1. The average Bonchev–Trinajstić information content (AvgIpc) is 2.74. The minimum Gasteiger partial charge on any atom is -0.496 e. The van der Waals surface area contributed by atoms with E-state index in [9.17, 15) is 10.1 Å². The molecule has 0 aliphatic carbocycles. The summed E-state index contributed by atoms with van der Waals surface area (Å²) in [6.07, 6.45) is 0.587. The Hall–Kier alpha value is -1.47. The van der Waals surface area contributed by atoms with E-state index in [0.717, 1.165) is 15.2 Å². The minimum absolute atomic E-state index is 0.0695. The first-order valence-electron chi connectivity index (χ1n) is 5.43. The van der Waals surface area contributed by atoms with Gasteiger partial charge in [0, 0.05) is 22.9 Å². The summed E-state index contributed by atoms with van der Waals surface area (Å²) in [5.74, 6) is 0.515. The van der Waals surface area contributed by atoms with Crippen molar-refractivity contribution in [2.24, 2.45) is 0 Å². The van der Waals surface area contributed by atoms with E-state index in [0.29, 0.717) is 17.7 Å². The normalized spacial score (nSPS) is 10.5. The molecule has 0 spiro atoms. The van der Waals surface area contributed by atoms with Crippen molar-refractivity contribution >= 4 is 33.0 Å². The molecule has 0 amide bonds. The zero-order valence-electron chi connectivity index (χ0n) is 10.3. The molecule has 19 heavy (non-hydrogen) atoms. The molecule has 7 heteroatoms. The van der Waals surface area contributed by atoms with Crippen molar-refractivity contribution in [3.05, 3.63) is 48.4 Å². The lowest BCUT2D eigenvalue weighted by molar-refractivity contribution is -0.385. The molecule has 5 nitrogen and oxygen atoms in total. The fourth-order valence-electron chi connectivity index (χ4n) is 1.82. The molecular weight excluding hydrogens is 332 g/mol. The lowest BCUT2D eigenvalue weighted by atomic mass is 10.0. The van der Waals surface area contributed by atoms with Crippen LogP contribution in [0, 0.1) is 17.0 Å². The highest BCUT2D eigenvalue weighted by Crippen LogP contribution is 2.30. The Morgan fingerprint density at radius 3 is 2.79 bits per heavy atom. The molecule has 0 aliphatic heterocycles. The van der Waals surface area contributed by atoms with Crippen LogP contribution in [0.4, 0.5) is 5.69 Å². The summed E-state index contributed by atoms with van der Waals surface area (Å²) in [6.45, 7) is 1.72. The highest BCUT2D eigenvalue weighted by Gasteiger charge is 2.16. The molecule has 0 fully saturated rings. The van der Waals surface area contributed by atoms with Gasteiger partial charge in [0.2, 0.25) is 0 Å². The summed E-state index contributed by atoms with van der Waals surface area (Å²) in [5.41, 5.74) is 2.49. The largest absolute Gasteiger partial charge is 0.496 e. The van der Waals surface area contributed by atoms with Crippen molar-refractivity contribution in [3.8, 4) is 5.75 Å². The Morgan fingerprint density at radius 1 is 1.53 bits per heavy atom. The van der Waals surface area contributed by atoms with Gasteiger partial charge in [-0.25, -0.2) is 4.98 Å². The third kappa shape index (κ3) is 3.10. The maximum absolute atomic E-state index is 10.9. The number of ether oxygens (including phenoxy) is 1. The van der Waals surface area contributed by atoms with Gasteiger partial charge in [0.05, 0.1) is 23.8 Å². The van der Waals surface area contributed by atoms with Crippen molar-refractivity contribution in [2.75, 3.05) is 7.11 Å². The average molecular weight is 343 g/mol. The summed E-state index contributed by atoms with van der Waals surface area (Å²) in [6, 6.07) is 3.25. The van der Waals surface area contributed by atoms with E-state index in [4.69, 9.17) is 4.74 Å². The molecule has 0 unspecified atom stereocenters. The van der Waals surface area contributed by atoms with Gasteiger partial charge in [-0.05, 0) is 28.9 Å². The topological polar surface area (TPSA) is 65.3 Å². The summed E-state index contributed by atoms with van der Waals surface area (Å²) in [7, 11) is 1.51. The van der Waals surface area contributed by atoms with Crippen LogP contribution in [0.25, 0.3) is 0 Å². The molecule has 0 N–H and O–H groups in total. The maximum Gasteiger partial charge on any atom is 0.276 e. The SMILES string of the molecule is COc1cc([N+](=O)[O-])c(C)cc1Cc1csc(Br)n1. The number of rotatable bonds is 4. The summed E-state index contributed by atoms with van der Waals surface area (Å²) in [4.78, 5) is 14.8. The van der Waals surface area contributed by atoms with Crippen LogP contribution in [0.15, 0.2) is 21.4 Å². The second-order valence-electron chi connectivity index (χ2n) is 3.98. The molecule has 0 atom stereocenters. The van der Waals surface area contributed by atoms with Gasteiger partial charge in [-0.3, -0.25) is 10.1 Å². The van der Waals surface area contributed by atoms with Crippen LogP contribution in [0.2, 0.25) is 0 Å². The van der Waals surface area contributed by atoms with Crippen LogP contribution in [0.5, 0.6) is 5.75 Å². The summed E-state index contributed by atoms with van der Waals surface area (Å²) >= 11 is 4.82. The smallest absolute Gasteiger partial charge is 0.276 e. The van der Waals surface area contributed by atoms with Crippen molar-refractivity contribution in [1.29, 1.82) is 0 Å². The van der Waals surface area contributed by atoms with Gasteiger partial charge >= 0.3 is 0 Å². The highest BCUT2D eigenvalue weighted by atomic mass is 79.9. The third-order valence-corrected chi connectivity index (χ3v) is 4.10. The molecule has 0 radical (unpaired) electrons.